The van der Waals surface area contributed by atoms with Crippen molar-refractivity contribution in [2.45, 2.75) is 27.2 Å². The number of carbonyl (C=O) groups is 1. The summed E-state index contributed by atoms with van der Waals surface area (Å²) in [4.78, 5) is 11.3. The molecule has 0 aliphatic rings. The van der Waals surface area contributed by atoms with Gasteiger partial charge in [-0.1, -0.05) is 50.0 Å². The number of hydrogen-bond donors (Lipinski definition) is 1. The van der Waals surface area contributed by atoms with Crippen LogP contribution in [-0.2, 0) is 11.2 Å². The van der Waals surface area contributed by atoms with Gasteiger partial charge in [0.1, 0.15) is 0 Å². The zero-order chi connectivity index (χ0) is 14.3. The van der Waals surface area contributed by atoms with E-state index in [4.69, 9.17) is 0 Å². The summed E-state index contributed by atoms with van der Waals surface area (Å²) in [6.45, 7) is 10.0. The van der Waals surface area contributed by atoms with Crippen LogP contribution in [0.1, 0.15) is 31.9 Å². The Bertz CT molecular complexity index is 518. The van der Waals surface area contributed by atoms with Gasteiger partial charge in [0.2, 0.25) is 5.91 Å². The van der Waals surface area contributed by atoms with Gasteiger partial charge in [-0.25, -0.2) is 0 Å². The number of nitrogens with one attached hydrogen (secondary N) is 1. The summed E-state index contributed by atoms with van der Waals surface area (Å²) < 4.78 is 0. The van der Waals surface area contributed by atoms with Crippen molar-refractivity contribution < 1.29 is 4.79 Å². The van der Waals surface area contributed by atoms with Crippen LogP contribution in [0.5, 0.6) is 0 Å². The van der Waals surface area contributed by atoms with Crippen LogP contribution in [-0.4, -0.2) is 12.5 Å². The second-order valence-corrected chi connectivity index (χ2v) is 5.01. The van der Waals surface area contributed by atoms with Gasteiger partial charge in [-0.3, -0.25) is 4.79 Å². The standard InChI is InChI=1S/C17H21NO/c1-13(2)11-16-8-5-7-15(12-16)9-6-10-18-17(19)14(3)4/h5,7-8,12,14H,1,10-11H2,2-4H3,(H,18,19). The second-order valence-electron chi connectivity index (χ2n) is 5.01. The van der Waals surface area contributed by atoms with Gasteiger partial charge in [0, 0.05) is 11.5 Å². The molecule has 1 aromatic carbocycles. The molecule has 19 heavy (non-hydrogen) atoms. The number of carbonyl (C=O) groups excluding carboxylic acids is 1. The Hall–Kier alpha value is -2.01. The highest BCUT2D eigenvalue weighted by molar-refractivity contribution is 5.78. The molecule has 0 spiro atoms. The first-order valence-electron chi connectivity index (χ1n) is 6.49. The molecular weight excluding hydrogens is 234 g/mol. The Balaban J connectivity index is 2.58. The molecule has 0 bridgehead atoms. The average Bonchev–Trinajstić information content (AvgIpc) is 2.34. The Morgan fingerprint density at radius 1 is 1.42 bits per heavy atom. The molecule has 2 nitrogen and oxygen atoms in total. The summed E-state index contributed by atoms with van der Waals surface area (Å²) in [5.74, 6) is 6.06. The molecule has 0 heterocycles. The monoisotopic (exact) mass is 255 g/mol. The van der Waals surface area contributed by atoms with E-state index in [0.29, 0.717) is 6.54 Å². The fourth-order valence-corrected chi connectivity index (χ4v) is 1.59. The predicted octanol–water partition coefficient (Wildman–Crippen LogP) is 2.93. The number of benzene rings is 1. The minimum atomic E-state index is 0.000643. The Kier molecular flexibility index (Phi) is 5.89. The van der Waals surface area contributed by atoms with E-state index in [1.807, 2.05) is 32.9 Å². The van der Waals surface area contributed by atoms with Crippen LogP contribution < -0.4 is 5.32 Å². The maximum Gasteiger partial charge on any atom is 0.223 e. The quantitative estimate of drug-likeness (QED) is 0.650. The first-order valence-corrected chi connectivity index (χ1v) is 6.49. The summed E-state index contributed by atoms with van der Waals surface area (Å²) in [6, 6.07) is 8.10. The minimum Gasteiger partial charge on any atom is -0.345 e. The van der Waals surface area contributed by atoms with Gasteiger partial charge in [0.15, 0.2) is 0 Å². The molecule has 0 aromatic heterocycles. The van der Waals surface area contributed by atoms with Gasteiger partial charge in [0.25, 0.3) is 0 Å². The summed E-state index contributed by atoms with van der Waals surface area (Å²) >= 11 is 0. The van der Waals surface area contributed by atoms with Crippen molar-refractivity contribution in [1.29, 1.82) is 0 Å². The number of allylic oxidation sites excluding steroid dienone is 1. The molecule has 2 heteroatoms. The second kappa shape index (κ2) is 7.43. The minimum absolute atomic E-state index is 0.000643. The molecule has 1 N–H and O–H groups in total. The van der Waals surface area contributed by atoms with Crippen LogP contribution in [0.3, 0.4) is 0 Å². The summed E-state index contributed by atoms with van der Waals surface area (Å²) in [7, 11) is 0. The first kappa shape index (κ1) is 15.0. The average molecular weight is 255 g/mol. The number of hydrogen-bond acceptors (Lipinski definition) is 1. The molecule has 100 valence electrons. The van der Waals surface area contributed by atoms with Gasteiger partial charge in [-0.15, -0.1) is 0 Å². The lowest BCUT2D eigenvalue weighted by molar-refractivity contribution is -0.123. The molecule has 0 aliphatic heterocycles. The highest BCUT2D eigenvalue weighted by atomic mass is 16.1. The van der Waals surface area contributed by atoms with Crippen molar-refractivity contribution in [3.05, 3.63) is 47.5 Å². The maximum absolute atomic E-state index is 11.3. The lowest BCUT2D eigenvalue weighted by Gasteiger charge is -2.03. The topological polar surface area (TPSA) is 29.1 Å². The fraction of sp³-hybridized carbons (Fsp3) is 0.353. The zero-order valence-electron chi connectivity index (χ0n) is 11.9. The maximum atomic E-state index is 11.3. The highest BCUT2D eigenvalue weighted by Crippen LogP contribution is 2.08. The molecular formula is C17H21NO. The van der Waals surface area contributed by atoms with Crippen LogP contribution in [0.4, 0.5) is 0 Å². The molecule has 0 unspecified atom stereocenters. The smallest absolute Gasteiger partial charge is 0.223 e. The van der Waals surface area contributed by atoms with Crippen LogP contribution in [0.15, 0.2) is 36.4 Å². The van der Waals surface area contributed by atoms with Gasteiger partial charge >= 0.3 is 0 Å². The van der Waals surface area contributed by atoms with E-state index in [9.17, 15) is 4.79 Å². The lowest BCUT2D eigenvalue weighted by Crippen LogP contribution is -2.27. The van der Waals surface area contributed by atoms with Crippen LogP contribution >= 0.6 is 0 Å². The van der Waals surface area contributed by atoms with E-state index >= 15 is 0 Å². The predicted molar refractivity (Wildman–Crippen MR) is 79.7 cm³/mol. The highest BCUT2D eigenvalue weighted by Gasteiger charge is 2.03. The first-order chi connectivity index (χ1) is 8.99. The summed E-state index contributed by atoms with van der Waals surface area (Å²) in [6.07, 6.45) is 0.875. The van der Waals surface area contributed by atoms with Crippen LogP contribution in [0, 0.1) is 17.8 Å². The SMILES string of the molecule is C=C(C)Cc1cccc(C#CCNC(=O)C(C)C)c1. The molecule has 1 aromatic rings. The van der Waals surface area contributed by atoms with E-state index in [1.54, 1.807) is 0 Å². The molecule has 0 atom stereocenters. The fourth-order valence-electron chi connectivity index (χ4n) is 1.59. The van der Waals surface area contributed by atoms with E-state index in [0.717, 1.165) is 17.6 Å². The van der Waals surface area contributed by atoms with Crippen molar-refractivity contribution in [3.8, 4) is 11.8 Å². The van der Waals surface area contributed by atoms with Gasteiger partial charge < -0.3 is 5.32 Å². The van der Waals surface area contributed by atoms with E-state index in [-0.39, 0.29) is 11.8 Å². The molecule has 0 aliphatic carbocycles. The van der Waals surface area contributed by atoms with Crippen molar-refractivity contribution >= 4 is 5.91 Å². The molecule has 0 saturated carbocycles. The van der Waals surface area contributed by atoms with Crippen LogP contribution in [0.2, 0.25) is 0 Å². The molecule has 0 saturated heterocycles. The number of amides is 1. The third-order valence-electron chi connectivity index (χ3n) is 2.54. The van der Waals surface area contributed by atoms with Crippen molar-refractivity contribution in [1.82, 2.24) is 5.32 Å². The zero-order valence-corrected chi connectivity index (χ0v) is 11.9. The van der Waals surface area contributed by atoms with E-state index < -0.39 is 0 Å². The molecule has 0 radical (unpaired) electrons. The molecule has 0 fully saturated rings. The van der Waals surface area contributed by atoms with Gasteiger partial charge in [0.05, 0.1) is 6.54 Å². The largest absolute Gasteiger partial charge is 0.345 e. The van der Waals surface area contributed by atoms with Crippen molar-refractivity contribution in [2.75, 3.05) is 6.54 Å². The number of rotatable bonds is 4. The normalized spacial score (nSPS) is 9.68. The van der Waals surface area contributed by atoms with Gasteiger partial charge in [-0.05, 0) is 31.0 Å². The Morgan fingerprint density at radius 2 is 2.16 bits per heavy atom. The molecule has 1 rings (SSSR count). The van der Waals surface area contributed by atoms with Crippen LogP contribution in [0.25, 0.3) is 0 Å². The Morgan fingerprint density at radius 3 is 2.79 bits per heavy atom. The third-order valence-corrected chi connectivity index (χ3v) is 2.54. The lowest BCUT2D eigenvalue weighted by atomic mass is 10.1. The van der Waals surface area contributed by atoms with Crippen molar-refractivity contribution in [2.24, 2.45) is 5.92 Å². The third kappa shape index (κ3) is 5.92. The Labute approximate surface area is 115 Å². The van der Waals surface area contributed by atoms with E-state index in [2.05, 4.69) is 35.9 Å². The summed E-state index contributed by atoms with van der Waals surface area (Å²) in [5.41, 5.74) is 3.32. The van der Waals surface area contributed by atoms with Crippen molar-refractivity contribution in [3.63, 3.8) is 0 Å². The van der Waals surface area contributed by atoms with E-state index in [1.165, 1.54) is 5.56 Å². The van der Waals surface area contributed by atoms with Gasteiger partial charge in [-0.2, -0.15) is 0 Å². The molecule has 1 amide bonds. The summed E-state index contributed by atoms with van der Waals surface area (Å²) in [5, 5.41) is 2.77.